The lowest BCUT2D eigenvalue weighted by Gasteiger charge is -2.33. The molecular weight excluding hydrogens is 286 g/mol. The number of hydrogen-bond donors (Lipinski definition) is 2. The highest BCUT2D eigenvalue weighted by Crippen LogP contribution is 2.29. The fourth-order valence-electron chi connectivity index (χ4n) is 3.75. The Hall–Kier alpha value is -1.91. The van der Waals surface area contributed by atoms with Gasteiger partial charge in [-0.3, -0.25) is 4.98 Å². The third kappa shape index (κ3) is 2.96. The van der Waals surface area contributed by atoms with Crippen LogP contribution in [0.25, 0.3) is 0 Å². The standard InChI is InChI=1S/C19H23N3O/c1-13-2-4-15(5-3-13)19(23)16-7-18(10-20-9-16)22-11-14-6-17(12-22)21-8-14/h2-5,7,9-10,14,17,19,21,23H,6,8,11-12H2,1H3. The minimum Gasteiger partial charge on any atom is -0.384 e. The van der Waals surface area contributed by atoms with Crippen molar-refractivity contribution >= 4 is 5.69 Å². The van der Waals surface area contributed by atoms with Crippen molar-refractivity contribution in [3.05, 3.63) is 59.4 Å². The van der Waals surface area contributed by atoms with E-state index in [2.05, 4.69) is 28.2 Å². The number of benzene rings is 1. The van der Waals surface area contributed by atoms with Crippen LogP contribution < -0.4 is 10.2 Å². The molecule has 2 bridgehead atoms. The van der Waals surface area contributed by atoms with E-state index in [1.165, 1.54) is 12.0 Å². The van der Waals surface area contributed by atoms with Gasteiger partial charge in [-0.05, 0) is 30.9 Å². The van der Waals surface area contributed by atoms with Gasteiger partial charge in [-0.2, -0.15) is 0 Å². The van der Waals surface area contributed by atoms with E-state index < -0.39 is 6.10 Å². The van der Waals surface area contributed by atoms with Crippen LogP contribution in [0.4, 0.5) is 5.69 Å². The Morgan fingerprint density at radius 3 is 2.78 bits per heavy atom. The number of aliphatic hydroxyl groups excluding tert-OH is 1. The Balaban J connectivity index is 1.57. The number of rotatable bonds is 3. The molecule has 2 saturated heterocycles. The summed E-state index contributed by atoms with van der Waals surface area (Å²) in [6, 6.07) is 10.7. The second-order valence-electron chi connectivity index (χ2n) is 6.90. The molecule has 0 radical (unpaired) electrons. The first-order valence-electron chi connectivity index (χ1n) is 8.37. The van der Waals surface area contributed by atoms with Crippen LogP contribution in [-0.2, 0) is 0 Å². The number of piperidine rings is 1. The molecule has 0 saturated carbocycles. The number of pyridine rings is 1. The molecule has 2 aliphatic heterocycles. The smallest absolute Gasteiger partial charge is 0.106 e. The van der Waals surface area contributed by atoms with Crippen molar-refractivity contribution in [1.29, 1.82) is 0 Å². The summed E-state index contributed by atoms with van der Waals surface area (Å²) in [4.78, 5) is 6.77. The lowest BCUT2D eigenvalue weighted by Crippen LogP contribution is -2.41. The molecule has 2 aliphatic rings. The van der Waals surface area contributed by atoms with E-state index in [1.807, 2.05) is 30.5 Å². The summed E-state index contributed by atoms with van der Waals surface area (Å²) in [6.45, 7) is 5.29. The predicted molar refractivity (Wildman–Crippen MR) is 91.6 cm³/mol. The van der Waals surface area contributed by atoms with Gasteiger partial charge in [0.15, 0.2) is 0 Å². The fourth-order valence-corrected chi connectivity index (χ4v) is 3.75. The van der Waals surface area contributed by atoms with Crippen LogP contribution in [0.15, 0.2) is 42.7 Å². The summed E-state index contributed by atoms with van der Waals surface area (Å²) in [6.07, 6.45) is 4.35. The van der Waals surface area contributed by atoms with Gasteiger partial charge >= 0.3 is 0 Å². The molecule has 3 atom stereocenters. The van der Waals surface area contributed by atoms with Gasteiger partial charge in [-0.1, -0.05) is 29.8 Å². The zero-order valence-electron chi connectivity index (χ0n) is 13.4. The molecule has 120 valence electrons. The summed E-state index contributed by atoms with van der Waals surface area (Å²) in [5.41, 5.74) is 4.09. The van der Waals surface area contributed by atoms with Crippen LogP contribution in [0.2, 0.25) is 0 Å². The molecule has 0 aliphatic carbocycles. The van der Waals surface area contributed by atoms with E-state index >= 15 is 0 Å². The van der Waals surface area contributed by atoms with E-state index in [1.54, 1.807) is 6.20 Å². The highest BCUT2D eigenvalue weighted by atomic mass is 16.3. The van der Waals surface area contributed by atoms with Crippen LogP contribution in [0.5, 0.6) is 0 Å². The lowest BCUT2D eigenvalue weighted by atomic mass is 9.98. The zero-order valence-corrected chi connectivity index (χ0v) is 13.4. The van der Waals surface area contributed by atoms with Crippen molar-refractivity contribution < 1.29 is 5.11 Å². The Morgan fingerprint density at radius 1 is 1.17 bits per heavy atom. The molecule has 3 heterocycles. The SMILES string of the molecule is Cc1ccc(C(O)c2cncc(N3CC4CNC(C4)C3)c2)cc1. The molecule has 2 aromatic rings. The average Bonchev–Trinajstić information content (AvgIpc) is 2.93. The summed E-state index contributed by atoms with van der Waals surface area (Å²) in [7, 11) is 0. The maximum absolute atomic E-state index is 10.7. The Labute approximate surface area is 137 Å². The Bertz CT molecular complexity index is 673. The normalized spacial score (nSPS) is 24.7. The Morgan fingerprint density at radius 2 is 2.00 bits per heavy atom. The van der Waals surface area contributed by atoms with Gasteiger partial charge in [0.05, 0.1) is 11.9 Å². The third-order valence-electron chi connectivity index (χ3n) is 5.05. The van der Waals surface area contributed by atoms with Crippen molar-refractivity contribution in [2.45, 2.75) is 25.5 Å². The molecule has 4 heteroatoms. The molecule has 4 rings (SSSR count). The average molecular weight is 309 g/mol. The van der Waals surface area contributed by atoms with Crippen LogP contribution in [-0.4, -0.2) is 35.8 Å². The molecular formula is C19H23N3O. The number of anilines is 1. The first kappa shape index (κ1) is 14.7. The monoisotopic (exact) mass is 309 g/mol. The van der Waals surface area contributed by atoms with Crippen molar-refractivity contribution in [2.24, 2.45) is 5.92 Å². The van der Waals surface area contributed by atoms with Gasteiger partial charge < -0.3 is 15.3 Å². The largest absolute Gasteiger partial charge is 0.384 e. The maximum Gasteiger partial charge on any atom is 0.106 e. The van der Waals surface area contributed by atoms with E-state index in [-0.39, 0.29) is 0 Å². The van der Waals surface area contributed by atoms with Gasteiger partial charge in [0.25, 0.3) is 0 Å². The number of aliphatic hydroxyl groups is 1. The first-order chi connectivity index (χ1) is 11.2. The predicted octanol–water partition coefficient (Wildman–Crippen LogP) is 2.27. The molecule has 2 fully saturated rings. The minimum atomic E-state index is -0.623. The molecule has 23 heavy (non-hydrogen) atoms. The first-order valence-corrected chi connectivity index (χ1v) is 8.37. The van der Waals surface area contributed by atoms with Crippen LogP contribution in [0.3, 0.4) is 0 Å². The molecule has 4 nitrogen and oxygen atoms in total. The highest BCUT2D eigenvalue weighted by Gasteiger charge is 2.32. The van der Waals surface area contributed by atoms with E-state index in [4.69, 9.17) is 0 Å². The fraction of sp³-hybridized carbons (Fsp3) is 0.421. The number of aromatic nitrogens is 1. The number of hydrogen-bond acceptors (Lipinski definition) is 4. The number of aryl methyl sites for hydroxylation is 1. The molecule has 0 spiro atoms. The molecule has 3 unspecified atom stereocenters. The maximum atomic E-state index is 10.7. The van der Waals surface area contributed by atoms with E-state index in [9.17, 15) is 5.11 Å². The van der Waals surface area contributed by atoms with E-state index in [0.29, 0.717) is 6.04 Å². The molecule has 0 amide bonds. The second kappa shape index (κ2) is 5.95. The van der Waals surface area contributed by atoms with Crippen molar-refractivity contribution in [1.82, 2.24) is 10.3 Å². The van der Waals surface area contributed by atoms with Gasteiger partial charge in [0.2, 0.25) is 0 Å². The van der Waals surface area contributed by atoms with E-state index in [0.717, 1.165) is 42.4 Å². The quantitative estimate of drug-likeness (QED) is 0.913. The lowest BCUT2D eigenvalue weighted by molar-refractivity contribution is 0.220. The number of nitrogens with zero attached hydrogens (tertiary/aromatic N) is 2. The van der Waals surface area contributed by atoms with Crippen LogP contribution in [0, 0.1) is 12.8 Å². The third-order valence-corrected chi connectivity index (χ3v) is 5.05. The van der Waals surface area contributed by atoms with Gasteiger partial charge in [-0.25, -0.2) is 0 Å². The molecule has 2 N–H and O–H groups in total. The van der Waals surface area contributed by atoms with Crippen molar-refractivity contribution in [3.8, 4) is 0 Å². The minimum absolute atomic E-state index is 0.597. The number of nitrogens with one attached hydrogen (secondary N) is 1. The highest BCUT2D eigenvalue weighted by molar-refractivity contribution is 5.49. The second-order valence-corrected chi connectivity index (χ2v) is 6.90. The van der Waals surface area contributed by atoms with Crippen molar-refractivity contribution in [3.63, 3.8) is 0 Å². The summed E-state index contributed by atoms with van der Waals surface area (Å²) < 4.78 is 0. The number of fused-ring (bicyclic) bond motifs is 2. The molecule has 1 aromatic heterocycles. The molecule has 1 aromatic carbocycles. The summed E-state index contributed by atoms with van der Waals surface area (Å²) >= 11 is 0. The van der Waals surface area contributed by atoms with Crippen molar-refractivity contribution in [2.75, 3.05) is 24.5 Å². The van der Waals surface area contributed by atoms with Gasteiger partial charge in [-0.15, -0.1) is 0 Å². The van der Waals surface area contributed by atoms with Gasteiger partial charge in [0, 0.05) is 37.4 Å². The summed E-state index contributed by atoms with van der Waals surface area (Å²) in [5.74, 6) is 0.736. The van der Waals surface area contributed by atoms with Gasteiger partial charge in [0.1, 0.15) is 6.10 Å². The van der Waals surface area contributed by atoms with Crippen LogP contribution in [0.1, 0.15) is 29.2 Å². The Kier molecular flexibility index (Phi) is 3.79. The zero-order chi connectivity index (χ0) is 15.8. The topological polar surface area (TPSA) is 48.4 Å². The summed E-state index contributed by atoms with van der Waals surface area (Å²) in [5, 5.41) is 14.2. The van der Waals surface area contributed by atoms with Crippen LogP contribution >= 0.6 is 0 Å².